The molecule has 4 aromatic carbocycles. The quantitative estimate of drug-likeness (QED) is 0.150. The van der Waals surface area contributed by atoms with E-state index in [-0.39, 0.29) is 31.9 Å². The van der Waals surface area contributed by atoms with E-state index in [1.54, 1.807) is 0 Å². The Morgan fingerprint density at radius 1 is 0.667 bits per heavy atom. The first-order valence-electron chi connectivity index (χ1n) is 18.9. The van der Waals surface area contributed by atoms with Crippen LogP contribution in [0.25, 0.3) is 44.4 Å². The number of nitrogens with zero attached hydrogens (tertiary/aromatic N) is 4. The Kier molecular flexibility index (Phi) is 10.6. The van der Waals surface area contributed by atoms with Crippen molar-refractivity contribution in [3.8, 4) is 34.1 Å². The molecule has 0 saturated carbocycles. The average molecular weight is 896 g/mol. The fourth-order valence-electron chi connectivity index (χ4n) is 7.51. The summed E-state index contributed by atoms with van der Waals surface area (Å²) in [7, 11) is 0. The molecule has 0 atom stereocenters. The second kappa shape index (κ2) is 14.6. The van der Waals surface area contributed by atoms with Crippen LogP contribution in [-0.4, -0.2) is 19.3 Å². The van der Waals surface area contributed by atoms with Crippen molar-refractivity contribution >= 4 is 21.8 Å². The van der Waals surface area contributed by atoms with Crippen molar-refractivity contribution in [2.45, 2.75) is 106 Å². The van der Waals surface area contributed by atoms with E-state index in [0.29, 0.717) is 23.3 Å². The van der Waals surface area contributed by atoms with Crippen molar-refractivity contribution in [3.63, 3.8) is 0 Å². The van der Waals surface area contributed by atoms with Crippen molar-refractivity contribution in [1.29, 1.82) is 0 Å². The fraction of sp³-hybridized carbons (Fsp3) is 0.333. The molecule has 0 saturated heterocycles. The number of hydrogen-bond donors (Lipinski definition) is 0. The van der Waals surface area contributed by atoms with Gasteiger partial charge >= 0.3 is 21.1 Å². The van der Waals surface area contributed by atoms with Crippen molar-refractivity contribution in [2.75, 3.05) is 0 Å². The van der Waals surface area contributed by atoms with Crippen LogP contribution < -0.4 is 4.74 Å². The molecule has 3 heterocycles. The number of aromatic nitrogens is 4. The second-order valence-corrected chi connectivity index (χ2v) is 17.1. The predicted molar refractivity (Wildman–Crippen MR) is 220 cm³/mol. The van der Waals surface area contributed by atoms with E-state index in [1.807, 2.05) is 16.9 Å². The van der Waals surface area contributed by atoms with Crippen LogP contribution in [0, 0.1) is 26.0 Å². The molecule has 0 fully saturated rings. The van der Waals surface area contributed by atoms with Gasteiger partial charge in [0.15, 0.2) is 0 Å². The maximum atomic E-state index is 6.73. The Labute approximate surface area is 336 Å². The third-order valence-corrected chi connectivity index (χ3v) is 10.5. The molecule has 0 bridgehead atoms. The van der Waals surface area contributed by atoms with Crippen molar-refractivity contribution < 1.29 is 25.8 Å². The van der Waals surface area contributed by atoms with Crippen molar-refractivity contribution in [1.82, 2.24) is 19.3 Å². The summed E-state index contributed by atoms with van der Waals surface area (Å²) in [5.74, 6) is 2.86. The van der Waals surface area contributed by atoms with Crippen LogP contribution in [0.4, 0.5) is 0 Å². The van der Waals surface area contributed by atoms with Gasteiger partial charge in [-0.15, -0.1) is 41.3 Å². The minimum absolute atomic E-state index is 0. The van der Waals surface area contributed by atoms with Crippen LogP contribution in [-0.2, 0) is 31.9 Å². The van der Waals surface area contributed by atoms with E-state index in [9.17, 15) is 0 Å². The van der Waals surface area contributed by atoms with Gasteiger partial charge in [-0.25, -0.2) is 4.98 Å². The monoisotopic (exact) mass is 895 g/mol. The summed E-state index contributed by atoms with van der Waals surface area (Å²) < 4.78 is 11.0. The van der Waals surface area contributed by atoms with E-state index >= 15 is 0 Å². The normalized spacial score (nSPS) is 12.3. The van der Waals surface area contributed by atoms with Crippen LogP contribution in [0.2, 0.25) is 0 Å². The zero-order chi connectivity index (χ0) is 38.0. The molecule has 0 N–H and O–H groups in total. The number of para-hydroxylation sites is 1. The molecular formula is C48H52N4OPt. The van der Waals surface area contributed by atoms with Gasteiger partial charge in [-0.3, -0.25) is 4.68 Å². The number of fused-ring (bicyclic) bond motifs is 3. The molecule has 0 aliphatic heterocycles. The molecule has 6 heteroatoms. The number of aryl methyl sites for hydroxylation is 1. The largest absolute Gasteiger partial charge is 2.00 e. The van der Waals surface area contributed by atoms with Gasteiger partial charge in [-0.1, -0.05) is 111 Å². The molecule has 0 aliphatic rings. The topological polar surface area (TPSA) is 44.9 Å². The minimum atomic E-state index is -0.139. The van der Waals surface area contributed by atoms with Crippen LogP contribution in [0.3, 0.4) is 0 Å². The van der Waals surface area contributed by atoms with Gasteiger partial charge < -0.3 is 9.30 Å². The summed E-state index contributed by atoms with van der Waals surface area (Å²) in [6, 6.07) is 35.2. The zero-order valence-electron chi connectivity index (χ0n) is 33.8. The number of pyridine rings is 1. The Morgan fingerprint density at radius 2 is 1.33 bits per heavy atom. The molecule has 0 radical (unpaired) electrons. The zero-order valence-corrected chi connectivity index (χ0v) is 36.0. The molecule has 0 aliphatic carbocycles. The number of benzene rings is 4. The third-order valence-electron chi connectivity index (χ3n) is 10.5. The van der Waals surface area contributed by atoms with E-state index < -0.39 is 0 Å². The molecular weight excluding hydrogens is 844 g/mol. The number of hydrogen-bond acceptors (Lipinski definition) is 3. The average Bonchev–Trinajstić information content (AvgIpc) is 3.59. The molecule has 0 amide bonds. The van der Waals surface area contributed by atoms with Gasteiger partial charge in [-0.2, -0.15) is 11.2 Å². The van der Waals surface area contributed by atoms with Crippen molar-refractivity contribution in [2.24, 2.45) is 0 Å². The molecule has 5 nitrogen and oxygen atoms in total. The van der Waals surface area contributed by atoms with Gasteiger partial charge in [0, 0.05) is 34.5 Å². The van der Waals surface area contributed by atoms with Gasteiger partial charge in [0.2, 0.25) is 0 Å². The van der Waals surface area contributed by atoms with Gasteiger partial charge in [0.25, 0.3) is 0 Å². The first kappa shape index (κ1) is 39.2. The van der Waals surface area contributed by atoms with Gasteiger partial charge in [-0.05, 0) is 88.0 Å². The maximum Gasteiger partial charge on any atom is 2.00 e. The Morgan fingerprint density at radius 3 is 1.98 bits per heavy atom. The van der Waals surface area contributed by atoms with Gasteiger partial charge in [0.1, 0.15) is 5.82 Å². The minimum Gasteiger partial charge on any atom is -0.509 e. The van der Waals surface area contributed by atoms with Crippen LogP contribution in [0.1, 0.15) is 115 Å². The van der Waals surface area contributed by atoms with Crippen LogP contribution in [0.5, 0.6) is 11.5 Å². The molecule has 7 rings (SSSR count). The third kappa shape index (κ3) is 7.20. The second-order valence-electron chi connectivity index (χ2n) is 17.1. The summed E-state index contributed by atoms with van der Waals surface area (Å²) in [4.78, 5) is 4.85. The fourth-order valence-corrected chi connectivity index (χ4v) is 7.51. The molecule has 7 aromatic rings. The van der Waals surface area contributed by atoms with Crippen molar-refractivity contribution in [3.05, 3.63) is 131 Å². The first-order chi connectivity index (χ1) is 25.0. The molecule has 0 spiro atoms. The summed E-state index contributed by atoms with van der Waals surface area (Å²) >= 11 is 0. The summed E-state index contributed by atoms with van der Waals surface area (Å²) in [5, 5.41) is 7.42. The first-order valence-corrected chi connectivity index (χ1v) is 18.9. The predicted octanol–water partition coefficient (Wildman–Crippen LogP) is 12.9. The van der Waals surface area contributed by atoms with E-state index in [2.05, 4.69) is 173 Å². The Hall–Kier alpha value is -4.47. The molecule has 54 heavy (non-hydrogen) atoms. The number of ether oxygens (including phenoxy) is 1. The molecule has 0 unspecified atom stereocenters. The summed E-state index contributed by atoms with van der Waals surface area (Å²) in [6.45, 7) is 26.8. The van der Waals surface area contributed by atoms with E-state index in [4.69, 9.17) is 14.8 Å². The van der Waals surface area contributed by atoms with E-state index in [1.165, 1.54) is 27.8 Å². The van der Waals surface area contributed by atoms with E-state index in [0.717, 1.165) is 50.3 Å². The summed E-state index contributed by atoms with van der Waals surface area (Å²) in [6.07, 6.45) is 1.90. The number of rotatable bonds is 7. The SMILES string of the molecule is Cc1nn(-c2[c-]c(Oc3[c-]c4c(cc3)c3ccccc3n4-c3cc(C(C)(C)C)ccn3)cc(C(C)(C)C)c2)c(C)c1-c1c(C(C)C)cccc1C(C)C.[Pt+2]. The maximum absolute atomic E-state index is 6.73. The van der Waals surface area contributed by atoms with Crippen LogP contribution in [0.15, 0.2) is 85.1 Å². The summed E-state index contributed by atoms with van der Waals surface area (Å²) in [5.41, 5.74) is 12.4. The molecule has 3 aromatic heterocycles. The Balaban J connectivity index is 0.00000497. The van der Waals surface area contributed by atoms with Crippen LogP contribution >= 0.6 is 0 Å². The smallest absolute Gasteiger partial charge is 0.509 e. The standard InChI is InChI=1S/C48H52N4O.Pt/c1-29(2)38-17-15-18-39(30(3)4)46(38)45-31(5)50-52(32(45)6)35-24-34(48(10,11)12)25-37(27-35)53-36-20-21-41-40-16-13-14-19-42(40)51(43(41)28-36)44-26-33(22-23-49-44)47(7,8)9;/h13-26,29-30H,1-12H3;/q-2;+2. The Bertz CT molecular complexity index is 2460. The van der Waals surface area contributed by atoms with Gasteiger partial charge in [0.05, 0.1) is 5.69 Å². The molecule has 280 valence electrons.